The molecule has 1 atom stereocenters. The van der Waals surface area contributed by atoms with Crippen LogP contribution in [0.4, 0.5) is 5.69 Å². The monoisotopic (exact) mass is 218 g/mol. The van der Waals surface area contributed by atoms with E-state index in [9.17, 15) is 14.7 Å². The van der Waals surface area contributed by atoms with Crippen molar-refractivity contribution in [3.8, 4) is 0 Å². The van der Waals surface area contributed by atoms with Gasteiger partial charge < -0.3 is 14.8 Å². The maximum absolute atomic E-state index is 11.6. The lowest BCUT2D eigenvalue weighted by atomic mass is 10.1. The number of benzene rings is 1. The molecule has 0 saturated carbocycles. The van der Waals surface area contributed by atoms with Crippen molar-refractivity contribution in [3.05, 3.63) is 29.8 Å². The van der Waals surface area contributed by atoms with Crippen LogP contribution in [0, 0.1) is 12.8 Å². The fraction of sp³-hybridized carbons (Fsp3) is 0.333. The van der Waals surface area contributed by atoms with Crippen LogP contribution in [0.3, 0.4) is 0 Å². The Labute approximate surface area is 93.5 Å². The number of hydrogen-bond acceptors (Lipinski definition) is 3. The van der Waals surface area contributed by atoms with Gasteiger partial charge in [-0.2, -0.15) is 0 Å². The average Bonchev–Trinajstić information content (AvgIpc) is 2.60. The van der Waals surface area contributed by atoms with Crippen LogP contribution in [0.15, 0.2) is 24.3 Å². The highest BCUT2D eigenvalue weighted by molar-refractivity contribution is 5.98. The Morgan fingerprint density at radius 3 is 2.81 bits per heavy atom. The van der Waals surface area contributed by atoms with Crippen LogP contribution < -0.4 is 10.0 Å². The molecule has 4 heteroatoms. The molecule has 84 valence electrons. The maximum Gasteiger partial charge on any atom is 0.227 e. The number of carbonyl (C=O) groups excluding carboxylic acids is 2. The molecule has 4 nitrogen and oxygen atoms in total. The van der Waals surface area contributed by atoms with Gasteiger partial charge in [0.2, 0.25) is 5.91 Å². The van der Waals surface area contributed by atoms with Crippen molar-refractivity contribution in [2.75, 3.05) is 11.4 Å². The number of anilines is 1. The molecular formula is C12H12NO3-. The number of carboxylic acids is 1. The summed E-state index contributed by atoms with van der Waals surface area (Å²) in [5, 5.41) is 10.7. The highest BCUT2D eigenvalue weighted by atomic mass is 16.4. The Morgan fingerprint density at radius 1 is 1.50 bits per heavy atom. The fourth-order valence-electron chi connectivity index (χ4n) is 1.91. The van der Waals surface area contributed by atoms with Gasteiger partial charge in [-0.3, -0.25) is 4.79 Å². The smallest absolute Gasteiger partial charge is 0.227 e. The summed E-state index contributed by atoms with van der Waals surface area (Å²) in [5.74, 6) is -1.99. The number of aryl methyl sites for hydroxylation is 1. The van der Waals surface area contributed by atoms with E-state index >= 15 is 0 Å². The van der Waals surface area contributed by atoms with Crippen molar-refractivity contribution >= 4 is 17.6 Å². The molecule has 16 heavy (non-hydrogen) atoms. The SMILES string of the molecule is Cc1cccc(N2CC(C(=O)[O-])CC2=O)c1. The van der Waals surface area contributed by atoms with Gasteiger partial charge in [0.1, 0.15) is 0 Å². The van der Waals surface area contributed by atoms with Gasteiger partial charge in [-0.15, -0.1) is 0 Å². The average molecular weight is 218 g/mol. The number of nitrogens with zero attached hydrogens (tertiary/aromatic N) is 1. The largest absolute Gasteiger partial charge is 0.550 e. The minimum atomic E-state index is -1.15. The minimum absolute atomic E-state index is 0.0380. The van der Waals surface area contributed by atoms with Crippen molar-refractivity contribution in [1.82, 2.24) is 0 Å². The molecule has 0 spiro atoms. The van der Waals surface area contributed by atoms with Crippen LogP contribution in [0.2, 0.25) is 0 Å². The number of carbonyl (C=O) groups is 2. The van der Waals surface area contributed by atoms with E-state index in [0.717, 1.165) is 11.3 Å². The van der Waals surface area contributed by atoms with Gasteiger partial charge in [-0.25, -0.2) is 0 Å². The Hall–Kier alpha value is -1.84. The lowest BCUT2D eigenvalue weighted by Crippen LogP contribution is -2.33. The highest BCUT2D eigenvalue weighted by Crippen LogP contribution is 2.25. The van der Waals surface area contributed by atoms with Gasteiger partial charge >= 0.3 is 0 Å². The molecule has 0 radical (unpaired) electrons. The normalized spacial score (nSPS) is 20.2. The summed E-state index contributed by atoms with van der Waals surface area (Å²) in [7, 11) is 0. The quantitative estimate of drug-likeness (QED) is 0.707. The Kier molecular flexibility index (Phi) is 2.64. The molecule has 1 amide bonds. The van der Waals surface area contributed by atoms with E-state index in [4.69, 9.17) is 0 Å². The second-order valence-corrected chi connectivity index (χ2v) is 4.06. The van der Waals surface area contributed by atoms with Crippen LogP contribution in [0.25, 0.3) is 0 Å². The Balaban J connectivity index is 2.23. The van der Waals surface area contributed by atoms with E-state index in [1.807, 2.05) is 31.2 Å². The molecule has 0 aliphatic carbocycles. The first-order valence-electron chi connectivity index (χ1n) is 5.16. The first kappa shape index (κ1) is 10.7. The van der Waals surface area contributed by atoms with Crippen molar-refractivity contribution in [3.63, 3.8) is 0 Å². The molecule has 1 aliphatic rings. The molecule has 2 rings (SSSR count). The molecule has 0 N–H and O–H groups in total. The summed E-state index contributed by atoms with van der Waals surface area (Å²) >= 11 is 0. The summed E-state index contributed by atoms with van der Waals surface area (Å²) < 4.78 is 0. The summed E-state index contributed by atoms with van der Waals surface area (Å²) in [4.78, 5) is 23.8. The standard InChI is InChI=1S/C12H13NO3/c1-8-3-2-4-10(5-8)13-7-9(12(15)16)6-11(13)14/h2-5,9H,6-7H2,1H3,(H,15,16)/p-1. The first-order valence-corrected chi connectivity index (χ1v) is 5.16. The zero-order chi connectivity index (χ0) is 11.7. The third-order valence-electron chi connectivity index (χ3n) is 2.77. The van der Waals surface area contributed by atoms with Crippen LogP contribution in [-0.4, -0.2) is 18.4 Å². The van der Waals surface area contributed by atoms with E-state index < -0.39 is 11.9 Å². The predicted molar refractivity (Wildman–Crippen MR) is 56.6 cm³/mol. The number of amides is 1. The number of aliphatic carboxylic acids is 1. The van der Waals surface area contributed by atoms with Crippen molar-refractivity contribution < 1.29 is 14.7 Å². The predicted octanol–water partition coefficient (Wildman–Crippen LogP) is 0.0978. The first-order chi connectivity index (χ1) is 7.58. The fourth-order valence-corrected chi connectivity index (χ4v) is 1.91. The summed E-state index contributed by atoms with van der Waals surface area (Å²) in [5.41, 5.74) is 1.80. The zero-order valence-corrected chi connectivity index (χ0v) is 8.97. The van der Waals surface area contributed by atoms with Crippen LogP contribution in [-0.2, 0) is 9.59 Å². The van der Waals surface area contributed by atoms with Gasteiger partial charge in [0.15, 0.2) is 0 Å². The van der Waals surface area contributed by atoms with Crippen molar-refractivity contribution in [1.29, 1.82) is 0 Å². The third kappa shape index (κ3) is 1.91. The van der Waals surface area contributed by atoms with E-state index in [0.29, 0.717) is 0 Å². The number of hydrogen-bond donors (Lipinski definition) is 0. The topological polar surface area (TPSA) is 60.4 Å². The van der Waals surface area contributed by atoms with Gasteiger partial charge in [-0.1, -0.05) is 12.1 Å². The van der Waals surface area contributed by atoms with Crippen molar-refractivity contribution in [2.24, 2.45) is 5.92 Å². The molecule has 1 unspecified atom stereocenters. The zero-order valence-electron chi connectivity index (χ0n) is 8.97. The lowest BCUT2D eigenvalue weighted by molar-refractivity contribution is -0.310. The maximum atomic E-state index is 11.6. The second-order valence-electron chi connectivity index (χ2n) is 4.06. The van der Waals surface area contributed by atoms with Gasteiger partial charge in [-0.05, 0) is 24.6 Å². The Bertz CT molecular complexity index is 442. The molecule has 1 heterocycles. The highest BCUT2D eigenvalue weighted by Gasteiger charge is 2.31. The molecular weight excluding hydrogens is 206 g/mol. The Morgan fingerprint density at radius 2 is 2.25 bits per heavy atom. The molecule has 1 aliphatic heterocycles. The number of carboxylic acid groups (broad SMARTS) is 1. The minimum Gasteiger partial charge on any atom is -0.550 e. The van der Waals surface area contributed by atoms with E-state index in [1.54, 1.807) is 0 Å². The molecule has 1 saturated heterocycles. The molecule has 0 bridgehead atoms. The van der Waals surface area contributed by atoms with Crippen LogP contribution in [0.5, 0.6) is 0 Å². The van der Waals surface area contributed by atoms with Gasteiger partial charge in [0.05, 0.1) is 0 Å². The van der Waals surface area contributed by atoms with Crippen LogP contribution >= 0.6 is 0 Å². The molecule has 1 aromatic carbocycles. The summed E-state index contributed by atoms with van der Waals surface area (Å²) in [6.45, 7) is 2.14. The van der Waals surface area contributed by atoms with Crippen LogP contribution in [0.1, 0.15) is 12.0 Å². The third-order valence-corrected chi connectivity index (χ3v) is 2.77. The van der Waals surface area contributed by atoms with Gasteiger partial charge in [0.25, 0.3) is 0 Å². The van der Waals surface area contributed by atoms with E-state index in [2.05, 4.69) is 0 Å². The number of rotatable bonds is 2. The molecule has 0 aromatic heterocycles. The summed E-state index contributed by atoms with van der Waals surface area (Å²) in [6.07, 6.45) is 0.0380. The van der Waals surface area contributed by atoms with Crippen molar-refractivity contribution in [2.45, 2.75) is 13.3 Å². The molecule has 1 fully saturated rings. The lowest BCUT2D eigenvalue weighted by Gasteiger charge is -2.17. The van der Waals surface area contributed by atoms with E-state index in [1.165, 1.54) is 4.90 Å². The van der Waals surface area contributed by atoms with E-state index in [-0.39, 0.29) is 18.9 Å². The summed E-state index contributed by atoms with van der Waals surface area (Å²) in [6, 6.07) is 7.46. The van der Waals surface area contributed by atoms with Gasteiger partial charge in [0, 0.05) is 30.5 Å². The second kappa shape index (κ2) is 3.96. The molecule has 1 aromatic rings.